The second kappa shape index (κ2) is 7.97. The number of hydrogen-bond acceptors (Lipinski definition) is 4. The topological polar surface area (TPSA) is 54.0 Å². The highest BCUT2D eigenvalue weighted by Gasteiger charge is 2.14. The van der Waals surface area contributed by atoms with E-state index in [4.69, 9.17) is 4.74 Å². The van der Waals surface area contributed by atoms with Gasteiger partial charge in [0.1, 0.15) is 0 Å². The van der Waals surface area contributed by atoms with Crippen molar-refractivity contribution in [2.75, 3.05) is 26.3 Å². The molecule has 0 amide bonds. The Morgan fingerprint density at radius 3 is 2.53 bits per heavy atom. The van der Waals surface area contributed by atoms with Gasteiger partial charge in [-0.1, -0.05) is 13.0 Å². The van der Waals surface area contributed by atoms with Crippen LogP contribution in [0.5, 0.6) is 0 Å². The monoisotopic (exact) mass is 238 g/mol. The highest BCUT2D eigenvalue weighted by molar-refractivity contribution is 5.07. The molecule has 0 atom stereocenters. The Morgan fingerprint density at radius 2 is 1.94 bits per heavy atom. The fourth-order valence-corrected chi connectivity index (χ4v) is 1.66. The van der Waals surface area contributed by atoms with E-state index in [0.717, 1.165) is 50.7 Å². The lowest BCUT2D eigenvalue weighted by molar-refractivity contribution is 0.0335. The van der Waals surface area contributed by atoms with Gasteiger partial charge in [-0.2, -0.15) is 15.4 Å². The van der Waals surface area contributed by atoms with Crippen LogP contribution in [-0.2, 0) is 17.7 Å². The van der Waals surface area contributed by atoms with Crippen LogP contribution in [0.1, 0.15) is 25.2 Å². The number of nitrogens with one attached hydrogen (secondary N) is 1. The van der Waals surface area contributed by atoms with Crippen LogP contribution in [0, 0.1) is 0 Å². The Labute approximate surface area is 103 Å². The zero-order chi connectivity index (χ0) is 12.5. The van der Waals surface area contributed by atoms with Gasteiger partial charge in [-0.15, -0.1) is 6.58 Å². The molecule has 1 aliphatic rings. The van der Waals surface area contributed by atoms with Crippen LogP contribution >= 0.6 is 0 Å². The minimum atomic E-state index is 0.833. The maximum absolute atomic E-state index is 5.29. The van der Waals surface area contributed by atoms with Gasteiger partial charge in [-0.05, 0) is 13.3 Å². The van der Waals surface area contributed by atoms with Gasteiger partial charge in [0.25, 0.3) is 0 Å². The van der Waals surface area contributed by atoms with E-state index in [9.17, 15) is 0 Å². The Morgan fingerprint density at radius 1 is 1.35 bits per heavy atom. The van der Waals surface area contributed by atoms with E-state index >= 15 is 0 Å². The second-order valence-corrected chi connectivity index (χ2v) is 3.87. The van der Waals surface area contributed by atoms with Crippen molar-refractivity contribution in [3.05, 3.63) is 24.0 Å². The van der Waals surface area contributed by atoms with Crippen molar-refractivity contribution in [1.29, 1.82) is 0 Å². The van der Waals surface area contributed by atoms with Gasteiger partial charge in [0.05, 0.1) is 24.6 Å². The van der Waals surface area contributed by atoms with Gasteiger partial charge >= 0.3 is 0 Å². The lowest BCUT2D eigenvalue weighted by atomic mass is 10.2. The molecule has 1 fully saturated rings. The molecule has 17 heavy (non-hydrogen) atoms. The predicted octanol–water partition coefficient (Wildman–Crippen LogP) is 1.39. The SMILES string of the molecule is C=CC.CCc1n[nH]nc1CN1CCOCC1. The maximum atomic E-state index is 5.29. The summed E-state index contributed by atoms with van der Waals surface area (Å²) in [4.78, 5) is 2.35. The lowest BCUT2D eigenvalue weighted by Crippen LogP contribution is -2.36. The molecule has 0 unspecified atom stereocenters. The van der Waals surface area contributed by atoms with Crippen LogP contribution in [0.25, 0.3) is 0 Å². The molecular formula is C12H22N4O. The zero-order valence-corrected chi connectivity index (χ0v) is 10.8. The van der Waals surface area contributed by atoms with Gasteiger partial charge in [0.15, 0.2) is 0 Å². The molecule has 0 bridgehead atoms. The first-order chi connectivity index (χ1) is 8.31. The number of hydrogen-bond donors (Lipinski definition) is 1. The number of ether oxygens (including phenoxy) is 1. The van der Waals surface area contributed by atoms with Crippen LogP contribution < -0.4 is 0 Å². The predicted molar refractivity (Wildman–Crippen MR) is 67.7 cm³/mol. The molecule has 0 radical (unpaired) electrons. The van der Waals surface area contributed by atoms with E-state index < -0.39 is 0 Å². The van der Waals surface area contributed by atoms with Crippen LogP contribution in [0.2, 0.25) is 0 Å². The molecule has 0 saturated carbocycles. The van der Waals surface area contributed by atoms with Gasteiger partial charge < -0.3 is 4.74 Å². The molecule has 2 rings (SSSR count). The number of nitrogens with zero attached hydrogens (tertiary/aromatic N) is 3. The Kier molecular flexibility index (Phi) is 6.50. The highest BCUT2D eigenvalue weighted by Crippen LogP contribution is 2.07. The van der Waals surface area contributed by atoms with E-state index in [1.165, 1.54) is 0 Å². The summed E-state index contributed by atoms with van der Waals surface area (Å²) in [6.07, 6.45) is 2.69. The number of allylic oxidation sites excluding steroid dienone is 1. The van der Waals surface area contributed by atoms with Crippen LogP contribution in [0.4, 0.5) is 0 Å². The summed E-state index contributed by atoms with van der Waals surface area (Å²) in [5.74, 6) is 0. The summed E-state index contributed by atoms with van der Waals surface area (Å²) in [5.41, 5.74) is 2.16. The molecule has 5 heteroatoms. The molecule has 1 N–H and O–H groups in total. The number of aromatic nitrogens is 3. The smallest absolute Gasteiger partial charge is 0.0996 e. The van der Waals surface area contributed by atoms with Crippen molar-refractivity contribution >= 4 is 0 Å². The third kappa shape index (κ3) is 4.66. The van der Waals surface area contributed by atoms with Crippen molar-refractivity contribution < 1.29 is 4.74 Å². The van der Waals surface area contributed by atoms with E-state index in [0.29, 0.717) is 0 Å². The molecule has 1 aromatic rings. The first-order valence-electron chi connectivity index (χ1n) is 6.07. The summed E-state index contributed by atoms with van der Waals surface area (Å²) in [6, 6.07) is 0. The summed E-state index contributed by atoms with van der Waals surface area (Å²) in [7, 11) is 0. The van der Waals surface area contributed by atoms with Gasteiger partial charge in [0.2, 0.25) is 0 Å². The molecule has 0 aliphatic carbocycles. The summed E-state index contributed by atoms with van der Waals surface area (Å²) in [5, 5.41) is 10.9. The molecule has 1 aromatic heterocycles. The number of aromatic amines is 1. The van der Waals surface area contributed by atoms with E-state index in [2.05, 4.69) is 33.8 Å². The lowest BCUT2D eigenvalue weighted by Gasteiger charge is -2.25. The van der Waals surface area contributed by atoms with Crippen molar-refractivity contribution in [2.24, 2.45) is 0 Å². The van der Waals surface area contributed by atoms with Gasteiger partial charge in [-0.25, -0.2) is 0 Å². The molecule has 0 aromatic carbocycles. The molecule has 5 nitrogen and oxygen atoms in total. The summed E-state index contributed by atoms with van der Waals surface area (Å²) in [6.45, 7) is 11.9. The van der Waals surface area contributed by atoms with Gasteiger partial charge in [0, 0.05) is 19.6 Å². The van der Waals surface area contributed by atoms with Crippen LogP contribution in [-0.4, -0.2) is 46.6 Å². The Hall–Kier alpha value is -1.20. The van der Waals surface area contributed by atoms with E-state index in [1.54, 1.807) is 6.08 Å². The van der Waals surface area contributed by atoms with E-state index in [-0.39, 0.29) is 0 Å². The number of rotatable bonds is 3. The molecule has 1 aliphatic heterocycles. The molecule has 1 saturated heterocycles. The summed E-state index contributed by atoms with van der Waals surface area (Å²) < 4.78 is 5.29. The van der Waals surface area contributed by atoms with Crippen LogP contribution in [0.3, 0.4) is 0 Å². The zero-order valence-electron chi connectivity index (χ0n) is 10.8. The number of H-pyrrole nitrogens is 1. The first kappa shape index (κ1) is 13.9. The fourth-order valence-electron chi connectivity index (χ4n) is 1.66. The van der Waals surface area contributed by atoms with Gasteiger partial charge in [-0.3, -0.25) is 4.90 Å². The molecule has 0 spiro atoms. The molecule has 96 valence electrons. The molecular weight excluding hydrogens is 216 g/mol. The standard InChI is InChI=1S/C9H16N4O.C3H6/c1-2-8-9(11-12-10-8)7-13-3-5-14-6-4-13;1-3-2/h2-7H2,1H3,(H,10,11,12);3H,1H2,2H3. The Bertz CT molecular complexity index is 318. The fraction of sp³-hybridized carbons (Fsp3) is 0.667. The Balaban J connectivity index is 0.000000437. The highest BCUT2D eigenvalue weighted by atomic mass is 16.5. The largest absolute Gasteiger partial charge is 0.379 e. The minimum absolute atomic E-state index is 0.833. The third-order valence-corrected chi connectivity index (χ3v) is 2.52. The third-order valence-electron chi connectivity index (χ3n) is 2.52. The number of aryl methyl sites for hydroxylation is 1. The number of morpholine rings is 1. The van der Waals surface area contributed by atoms with E-state index in [1.807, 2.05) is 6.92 Å². The average molecular weight is 238 g/mol. The van der Waals surface area contributed by atoms with Crippen molar-refractivity contribution in [1.82, 2.24) is 20.3 Å². The summed E-state index contributed by atoms with van der Waals surface area (Å²) >= 11 is 0. The van der Waals surface area contributed by atoms with Crippen molar-refractivity contribution in [3.8, 4) is 0 Å². The quantitative estimate of drug-likeness (QED) is 0.809. The van der Waals surface area contributed by atoms with Crippen molar-refractivity contribution in [2.45, 2.75) is 26.8 Å². The second-order valence-electron chi connectivity index (χ2n) is 3.87. The van der Waals surface area contributed by atoms with Crippen molar-refractivity contribution in [3.63, 3.8) is 0 Å². The van der Waals surface area contributed by atoms with Crippen LogP contribution in [0.15, 0.2) is 12.7 Å². The first-order valence-corrected chi connectivity index (χ1v) is 6.07. The minimum Gasteiger partial charge on any atom is -0.379 e. The molecule has 2 heterocycles. The normalized spacial score (nSPS) is 16.1. The maximum Gasteiger partial charge on any atom is 0.0996 e. The average Bonchev–Trinajstić information content (AvgIpc) is 2.79.